The van der Waals surface area contributed by atoms with Crippen LogP contribution in [0.4, 0.5) is 0 Å². The lowest BCUT2D eigenvalue weighted by atomic mass is 9.88. The highest BCUT2D eigenvalue weighted by Gasteiger charge is 2.43. The van der Waals surface area contributed by atoms with Crippen molar-refractivity contribution in [3.8, 4) is 5.88 Å². The van der Waals surface area contributed by atoms with E-state index in [1.807, 2.05) is 29.8 Å². The van der Waals surface area contributed by atoms with Crippen molar-refractivity contribution in [1.29, 1.82) is 0 Å². The van der Waals surface area contributed by atoms with Crippen molar-refractivity contribution in [1.82, 2.24) is 14.9 Å². The predicted octanol–water partition coefficient (Wildman–Crippen LogP) is 2.74. The maximum Gasteiger partial charge on any atom is 0.213 e. The second kappa shape index (κ2) is 6.55. The fourth-order valence-electron chi connectivity index (χ4n) is 3.46. The number of rotatable bonds is 4. The predicted molar refractivity (Wildman–Crippen MR) is 88.6 cm³/mol. The van der Waals surface area contributed by atoms with Crippen LogP contribution in [0.3, 0.4) is 0 Å². The average Bonchev–Trinajstić information content (AvgIpc) is 3.22. The van der Waals surface area contributed by atoms with Gasteiger partial charge in [0, 0.05) is 43.4 Å². The number of pyridine rings is 1. The fraction of sp³-hybridized carbons (Fsp3) is 0.529. The van der Waals surface area contributed by atoms with Crippen LogP contribution in [0.15, 0.2) is 36.0 Å². The molecule has 1 spiro atoms. The highest BCUT2D eigenvalue weighted by Crippen LogP contribution is 2.37. The molecule has 2 saturated heterocycles. The quantitative estimate of drug-likeness (QED) is 0.862. The Kier molecular flexibility index (Phi) is 4.29. The molecule has 2 aliphatic heterocycles. The van der Waals surface area contributed by atoms with Gasteiger partial charge in [-0.2, -0.15) is 0 Å². The van der Waals surface area contributed by atoms with E-state index < -0.39 is 0 Å². The third-order valence-electron chi connectivity index (χ3n) is 4.71. The third-order valence-corrected chi connectivity index (χ3v) is 5.47. The molecular formula is C17H21N3O2S. The summed E-state index contributed by atoms with van der Waals surface area (Å²) in [5, 5.41) is 3.24. The van der Waals surface area contributed by atoms with Crippen LogP contribution in [-0.2, 0) is 11.3 Å². The highest BCUT2D eigenvalue weighted by molar-refractivity contribution is 7.09. The van der Waals surface area contributed by atoms with E-state index in [-0.39, 0.29) is 11.7 Å². The van der Waals surface area contributed by atoms with Gasteiger partial charge in [0.15, 0.2) is 0 Å². The molecular weight excluding hydrogens is 310 g/mol. The SMILES string of the molecule is c1ccc(OC2COC3(CCN(Cc4nccs4)CC3)C2)nc1. The third kappa shape index (κ3) is 3.54. The zero-order chi connectivity index (χ0) is 15.5. The first-order chi connectivity index (χ1) is 11.3. The Morgan fingerprint density at radius 3 is 2.91 bits per heavy atom. The van der Waals surface area contributed by atoms with Gasteiger partial charge in [0.25, 0.3) is 0 Å². The van der Waals surface area contributed by atoms with E-state index >= 15 is 0 Å². The molecule has 4 rings (SSSR count). The summed E-state index contributed by atoms with van der Waals surface area (Å²) < 4.78 is 12.1. The number of likely N-dealkylation sites (tertiary alicyclic amines) is 1. The topological polar surface area (TPSA) is 47.5 Å². The van der Waals surface area contributed by atoms with Crippen molar-refractivity contribution < 1.29 is 9.47 Å². The van der Waals surface area contributed by atoms with Crippen LogP contribution < -0.4 is 4.74 Å². The van der Waals surface area contributed by atoms with Crippen LogP contribution in [0.1, 0.15) is 24.3 Å². The molecule has 1 unspecified atom stereocenters. The molecule has 2 aliphatic rings. The summed E-state index contributed by atoms with van der Waals surface area (Å²) in [6.07, 6.45) is 6.87. The molecule has 0 N–H and O–H groups in total. The second-order valence-corrected chi connectivity index (χ2v) is 7.29. The summed E-state index contributed by atoms with van der Waals surface area (Å²) in [6.45, 7) is 3.76. The first kappa shape index (κ1) is 15.1. The number of piperidine rings is 1. The van der Waals surface area contributed by atoms with Crippen LogP contribution in [0.5, 0.6) is 5.88 Å². The zero-order valence-corrected chi connectivity index (χ0v) is 13.9. The first-order valence-corrected chi connectivity index (χ1v) is 9.02. The Balaban J connectivity index is 1.29. The van der Waals surface area contributed by atoms with Gasteiger partial charge in [0.1, 0.15) is 11.1 Å². The molecule has 1 atom stereocenters. The van der Waals surface area contributed by atoms with E-state index in [1.165, 1.54) is 5.01 Å². The van der Waals surface area contributed by atoms with E-state index in [2.05, 4.69) is 14.9 Å². The molecule has 2 aromatic rings. The number of nitrogens with zero attached hydrogens (tertiary/aromatic N) is 3. The van der Waals surface area contributed by atoms with Crippen molar-refractivity contribution in [2.75, 3.05) is 19.7 Å². The van der Waals surface area contributed by atoms with Crippen LogP contribution in [0.25, 0.3) is 0 Å². The Morgan fingerprint density at radius 2 is 2.17 bits per heavy atom. The molecule has 0 saturated carbocycles. The van der Waals surface area contributed by atoms with E-state index in [1.54, 1.807) is 17.5 Å². The van der Waals surface area contributed by atoms with Gasteiger partial charge in [-0.25, -0.2) is 9.97 Å². The summed E-state index contributed by atoms with van der Waals surface area (Å²) in [6, 6.07) is 5.75. The van der Waals surface area contributed by atoms with Gasteiger partial charge < -0.3 is 9.47 Å². The molecule has 0 amide bonds. The maximum absolute atomic E-state index is 6.16. The summed E-state index contributed by atoms with van der Waals surface area (Å²) >= 11 is 1.73. The molecule has 4 heterocycles. The van der Waals surface area contributed by atoms with Crippen LogP contribution in [-0.4, -0.2) is 46.3 Å². The van der Waals surface area contributed by atoms with E-state index in [0.717, 1.165) is 38.9 Å². The number of hydrogen-bond donors (Lipinski definition) is 0. The largest absolute Gasteiger partial charge is 0.472 e. The minimum atomic E-state index is -0.00117. The summed E-state index contributed by atoms with van der Waals surface area (Å²) in [5.41, 5.74) is -0.00117. The van der Waals surface area contributed by atoms with Crippen molar-refractivity contribution in [3.05, 3.63) is 41.0 Å². The molecule has 0 aliphatic carbocycles. The fourth-order valence-corrected chi connectivity index (χ4v) is 4.11. The zero-order valence-electron chi connectivity index (χ0n) is 13.1. The average molecular weight is 331 g/mol. The molecule has 5 nitrogen and oxygen atoms in total. The Hall–Kier alpha value is -1.50. The van der Waals surface area contributed by atoms with Crippen LogP contribution >= 0.6 is 11.3 Å². The monoisotopic (exact) mass is 331 g/mol. The Labute approximate surface area is 140 Å². The van der Waals surface area contributed by atoms with E-state index in [4.69, 9.17) is 9.47 Å². The normalized spacial score (nSPS) is 24.1. The van der Waals surface area contributed by atoms with Crippen molar-refractivity contribution in [3.63, 3.8) is 0 Å². The molecule has 23 heavy (non-hydrogen) atoms. The highest BCUT2D eigenvalue weighted by atomic mass is 32.1. The van der Waals surface area contributed by atoms with E-state index in [9.17, 15) is 0 Å². The minimum absolute atomic E-state index is 0.00117. The molecule has 122 valence electrons. The molecule has 0 bridgehead atoms. The second-order valence-electron chi connectivity index (χ2n) is 6.31. The lowest BCUT2D eigenvalue weighted by Crippen LogP contribution is -2.44. The first-order valence-electron chi connectivity index (χ1n) is 8.14. The standard InChI is InChI=1S/C17H21N3O2S/c1-2-6-18-15(3-1)22-14-11-17(21-13-14)4-8-20(9-5-17)12-16-19-7-10-23-16/h1-3,6-7,10,14H,4-5,8-9,11-13H2. The maximum atomic E-state index is 6.16. The van der Waals surface area contributed by atoms with Gasteiger partial charge in [0.2, 0.25) is 5.88 Å². The number of ether oxygens (including phenoxy) is 2. The molecule has 2 fully saturated rings. The summed E-state index contributed by atoms with van der Waals surface area (Å²) in [5.74, 6) is 0.694. The van der Waals surface area contributed by atoms with Crippen molar-refractivity contribution in [2.24, 2.45) is 0 Å². The number of aromatic nitrogens is 2. The molecule has 6 heteroatoms. The van der Waals surface area contributed by atoms with Gasteiger partial charge in [-0.3, -0.25) is 4.90 Å². The van der Waals surface area contributed by atoms with E-state index in [0.29, 0.717) is 12.5 Å². The molecule has 0 aromatic carbocycles. The summed E-state index contributed by atoms with van der Waals surface area (Å²) in [4.78, 5) is 11.1. The Bertz CT molecular complexity index is 612. The van der Waals surface area contributed by atoms with Gasteiger partial charge in [-0.15, -0.1) is 11.3 Å². The number of hydrogen-bond acceptors (Lipinski definition) is 6. The van der Waals surface area contributed by atoms with Crippen LogP contribution in [0, 0.1) is 0 Å². The van der Waals surface area contributed by atoms with Crippen molar-refractivity contribution >= 4 is 11.3 Å². The lowest BCUT2D eigenvalue weighted by molar-refractivity contribution is -0.0455. The van der Waals surface area contributed by atoms with Gasteiger partial charge in [0.05, 0.1) is 18.8 Å². The Morgan fingerprint density at radius 1 is 1.26 bits per heavy atom. The molecule has 2 aromatic heterocycles. The molecule has 0 radical (unpaired) electrons. The van der Waals surface area contributed by atoms with Crippen LogP contribution in [0.2, 0.25) is 0 Å². The smallest absolute Gasteiger partial charge is 0.213 e. The lowest BCUT2D eigenvalue weighted by Gasteiger charge is -2.38. The van der Waals surface area contributed by atoms with Gasteiger partial charge in [-0.1, -0.05) is 6.07 Å². The van der Waals surface area contributed by atoms with Gasteiger partial charge in [-0.05, 0) is 18.9 Å². The van der Waals surface area contributed by atoms with Crippen molar-refractivity contribution in [2.45, 2.75) is 37.5 Å². The number of thiazole rings is 1. The van der Waals surface area contributed by atoms with Gasteiger partial charge >= 0.3 is 0 Å². The minimum Gasteiger partial charge on any atom is -0.472 e. The summed E-state index contributed by atoms with van der Waals surface area (Å²) in [7, 11) is 0.